The Morgan fingerprint density at radius 1 is 1.00 bits per heavy atom. The Morgan fingerprint density at radius 2 is 1.75 bits per heavy atom. The van der Waals surface area contributed by atoms with Crippen molar-refractivity contribution in [2.75, 3.05) is 32.7 Å². The van der Waals surface area contributed by atoms with Crippen molar-refractivity contribution in [2.45, 2.75) is 38.8 Å². The first-order chi connectivity index (χ1) is 13.6. The minimum absolute atomic E-state index is 0.0258. The molecule has 28 heavy (non-hydrogen) atoms. The minimum Gasteiger partial charge on any atom is -0.299 e. The van der Waals surface area contributed by atoms with Gasteiger partial charge in [0.25, 0.3) is 5.56 Å². The first kappa shape index (κ1) is 19.0. The molecule has 1 aliphatic heterocycles. The summed E-state index contributed by atoms with van der Waals surface area (Å²) in [6.07, 6.45) is 5.89. The lowest BCUT2D eigenvalue weighted by molar-refractivity contribution is 0.120. The van der Waals surface area contributed by atoms with E-state index in [0.717, 1.165) is 75.5 Å². The van der Waals surface area contributed by atoms with Crippen LogP contribution >= 0.6 is 0 Å². The summed E-state index contributed by atoms with van der Waals surface area (Å²) < 4.78 is 3.25. The van der Waals surface area contributed by atoms with E-state index >= 15 is 0 Å². The van der Waals surface area contributed by atoms with Gasteiger partial charge >= 0.3 is 5.69 Å². The maximum atomic E-state index is 12.3. The number of rotatable bonds is 5. The molecule has 0 radical (unpaired) electrons. The molecule has 8 heteroatoms. The van der Waals surface area contributed by atoms with Crippen molar-refractivity contribution >= 4 is 0 Å². The number of nitrogens with zero attached hydrogens (tertiary/aromatic N) is 6. The van der Waals surface area contributed by atoms with E-state index in [1.54, 1.807) is 28.6 Å². The predicted octanol–water partition coefficient (Wildman–Crippen LogP) is 0.0336. The van der Waals surface area contributed by atoms with Gasteiger partial charge in [0.1, 0.15) is 0 Å². The van der Waals surface area contributed by atoms with E-state index in [1.165, 1.54) is 6.42 Å². The van der Waals surface area contributed by atoms with Crippen LogP contribution < -0.4 is 11.2 Å². The molecule has 1 saturated heterocycles. The summed E-state index contributed by atoms with van der Waals surface area (Å²) in [6.45, 7) is 6.05. The van der Waals surface area contributed by atoms with Crippen molar-refractivity contribution in [1.29, 1.82) is 0 Å². The molecule has 0 amide bonds. The SMILES string of the molecule is Cn1c(CN2CCN(CCn3nc4c(cc3=O)CCCC4)CC2)ccnc1=O. The third kappa shape index (κ3) is 4.23. The van der Waals surface area contributed by atoms with Crippen molar-refractivity contribution in [1.82, 2.24) is 29.1 Å². The summed E-state index contributed by atoms with van der Waals surface area (Å²) in [4.78, 5) is 32.5. The van der Waals surface area contributed by atoms with Gasteiger partial charge < -0.3 is 0 Å². The van der Waals surface area contributed by atoms with Crippen LogP contribution in [0.15, 0.2) is 27.9 Å². The first-order valence-corrected chi connectivity index (χ1v) is 10.2. The van der Waals surface area contributed by atoms with E-state index < -0.39 is 0 Å². The summed E-state index contributed by atoms with van der Waals surface area (Å²) in [5.74, 6) is 0. The minimum atomic E-state index is -0.209. The highest BCUT2D eigenvalue weighted by Crippen LogP contribution is 2.16. The highest BCUT2D eigenvalue weighted by molar-refractivity contribution is 5.20. The zero-order valence-corrected chi connectivity index (χ0v) is 16.5. The molecule has 2 aromatic heterocycles. The number of hydrogen-bond acceptors (Lipinski definition) is 6. The van der Waals surface area contributed by atoms with Crippen LogP contribution in [0.25, 0.3) is 0 Å². The lowest BCUT2D eigenvalue weighted by Gasteiger charge is -2.34. The average molecular weight is 384 g/mol. The van der Waals surface area contributed by atoms with Crippen molar-refractivity contribution in [3.63, 3.8) is 0 Å². The molecule has 1 fully saturated rings. The lowest BCUT2D eigenvalue weighted by atomic mass is 9.97. The Labute approximate surface area is 164 Å². The zero-order chi connectivity index (χ0) is 19.5. The van der Waals surface area contributed by atoms with Gasteiger partial charge in [-0.15, -0.1) is 0 Å². The number of fused-ring (bicyclic) bond motifs is 1. The molecule has 2 aliphatic rings. The van der Waals surface area contributed by atoms with Crippen LogP contribution in [-0.4, -0.2) is 61.9 Å². The Hall–Kier alpha value is -2.32. The van der Waals surface area contributed by atoms with Crippen LogP contribution in [0.5, 0.6) is 0 Å². The van der Waals surface area contributed by atoms with Gasteiger partial charge in [-0.1, -0.05) is 0 Å². The lowest BCUT2D eigenvalue weighted by Crippen LogP contribution is -2.47. The fourth-order valence-corrected chi connectivity index (χ4v) is 4.06. The third-order valence-corrected chi connectivity index (χ3v) is 5.92. The van der Waals surface area contributed by atoms with Crippen LogP contribution in [-0.2, 0) is 33.0 Å². The van der Waals surface area contributed by atoms with Gasteiger partial charge in [-0.25, -0.2) is 14.5 Å². The summed E-state index contributed by atoms with van der Waals surface area (Å²) in [5, 5.41) is 4.61. The van der Waals surface area contributed by atoms with E-state index in [2.05, 4.69) is 19.9 Å². The molecule has 0 spiro atoms. The Bertz CT molecular complexity index is 942. The number of piperazine rings is 1. The second-order valence-corrected chi connectivity index (χ2v) is 7.78. The maximum Gasteiger partial charge on any atom is 0.347 e. The van der Waals surface area contributed by atoms with Crippen LogP contribution in [0.3, 0.4) is 0 Å². The molecule has 0 aromatic carbocycles. The highest BCUT2D eigenvalue weighted by Gasteiger charge is 2.19. The summed E-state index contributed by atoms with van der Waals surface area (Å²) in [7, 11) is 1.77. The zero-order valence-electron chi connectivity index (χ0n) is 16.5. The summed E-state index contributed by atoms with van der Waals surface area (Å²) in [6, 6.07) is 3.69. The summed E-state index contributed by atoms with van der Waals surface area (Å²) in [5.41, 5.74) is 3.06. The summed E-state index contributed by atoms with van der Waals surface area (Å²) >= 11 is 0. The molecule has 2 aromatic rings. The van der Waals surface area contributed by atoms with Gasteiger partial charge in [0.2, 0.25) is 0 Å². The molecule has 8 nitrogen and oxygen atoms in total. The van der Waals surface area contributed by atoms with Gasteiger partial charge in [0, 0.05) is 64.3 Å². The van der Waals surface area contributed by atoms with Crippen LogP contribution in [0.1, 0.15) is 29.8 Å². The van der Waals surface area contributed by atoms with E-state index in [9.17, 15) is 9.59 Å². The normalized spacial score (nSPS) is 18.2. The fraction of sp³-hybridized carbons (Fsp3) is 0.600. The predicted molar refractivity (Wildman–Crippen MR) is 106 cm³/mol. The smallest absolute Gasteiger partial charge is 0.299 e. The van der Waals surface area contributed by atoms with E-state index in [0.29, 0.717) is 6.54 Å². The Morgan fingerprint density at radius 3 is 2.57 bits per heavy atom. The van der Waals surface area contributed by atoms with Crippen LogP contribution in [0.4, 0.5) is 0 Å². The highest BCUT2D eigenvalue weighted by atomic mass is 16.1. The Kier molecular flexibility index (Phi) is 5.68. The molecular formula is C20H28N6O2. The fourth-order valence-electron chi connectivity index (χ4n) is 4.06. The van der Waals surface area contributed by atoms with E-state index in [4.69, 9.17) is 0 Å². The average Bonchev–Trinajstić information content (AvgIpc) is 2.71. The number of hydrogen-bond donors (Lipinski definition) is 0. The topological polar surface area (TPSA) is 76.3 Å². The number of aryl methyl sites for hydroxylation is 2. The van der Waals surface area contributed by atoms with Gasteiger partial charge in [0.15, 0.2) is 0 Å². The molecule has 0 bridgehead atoms. The van der Waals surface area contributed by atoms with E-state index in [-0.39, 0.29) is 11.2 Å². The molecule has 0 saturated carbocycles. The second-order valence-electron chi connectivity index (χ2n) is 7.78. The molecule has 150 valence electrons. The monoisotopic (exact) mass is 384 g/mol. The molecule has 4 rings (SSSR count). The van der Waals surface area contributed by atoms with Crippen LogP contribution in [0.2, 0.25) is 0 Å². The molecule has 0 N–H and O–H groups in total. The Balaban J connectivity index is 1.30. The molecule has 0 atom stereocenters. The second kappa shape index (κ2) is 8.36. The van der Waals surface area contributed by atoms with Gasteiger partial charge in [0.05, 0.1) is 12.2 Å². The molecule has 0 unspecified atom stereocenters. The molecular weight excluding hydrogens is 356 g/mol. The van der Waals surface area contributed by atoms with Gasteiger partial charge in [-0.2, -0.15) is 5.10 Å². The maximum absolute atomic E-state index is 12.3. The van der Waals surface area contributed by atoms with E-state index in [1.807, 2.05) is 6.07 Å². The van der Waals surface area contributed by atoms with Crippen molar-refractivity contribution in [3.05, 3.63) is 56.1 Å². The largest absolute Gasteiger partial charge is 0.347 e. The van der Waals surface area contributed by atoms with Crippen molar-refractivity contribution < 1.29 is 0 Å². The molecule has 3 heterocycles. The van der Waals surface area contributed by atoms with Gasteiger partial charge in [-0.05, 0) is 37.3 Å². The molecule has 1 aliphatic carbocycles. The van der Waals surface area contributed by atoms with Gasteiger partial charge in [-0.3, -0.25) is 19.2 Å². The quantitative estimate of drug-likeness (QED) is 0.724. The van der Waals surface area contributed by atoms with Crippen LogP contribution in [0, 0.1) is 0 Å². The van der Waals surface area contributed by atoms with Crippen molar-refractivity contribution in [2.24, 2.45) is 7.05 Å². The third-order valence-electron chi connectivity index (χ3n) is 5.92. The first-order valence-electron chi connectivity index (χ1n) is 10.2. The standard InChI is InChI=1S/C20H28N6O2/c1-23-17(6-7-21-20(23)28)15-25-10-8-24(9-11-25)12-13-26-19(27)14-16-4-2-3-5-18(16)22-26/h6-7,14H,2-5,8-13,15H2,1H3. The van der Waals surface area contributed by atoms with Crippen molar-refractivity contribution in [3.8, 4) is 0 Å². The number of aromatic nitrogens is 4.